The molecule has 2 saturated carbocycles. The monoisotopic (exact) mass is 576 g/mol. The number of nitrogens with zero attached hydrogens (tertiary/aromatic N) is 6. The van der Waals surface area contributed by atoms with Gasteiger partial charge in [-0.3, -0.25) is 9.78 Å². The number of aryl methyl sites for hydroxylation is 1. The van der Waals surface area contributed by atoms with Crippen molar-refractivity contribution < 1.29 is 9.53 Å². The molecule has 0 spiro atoms. The molecule has 43 heavy (non-hydrogen) atoms. The van der Waals surface area contributed by atoms with Gasteiger partial charge in [0.15, 0.2) is 5.82 Å². The number of hydrogen-bond acceptors (Lipinski definition) is 7. The van der Waals surface area contributed by atoms with Gasteiger partial charge in [-0.1, -0.05) is 0 Å². The summed E-state index contributed by atoms with van der Waals surface area (Å²) < 4.78 is 10.2. The maximum absolute atomic E-state index is 13.7. The first-order valence-electron chi connectivity index (χ1n) is 15.2. The van der Waals surface area contributed by atoms with E-state index in [1.54, 1.807) is 19.5 Å². The molecule has 10 nitrogen and oxygen atoms in total. The summed E-state index contributed by atoms with van der Waals surface area (Å²) in [5, 5.41) is 4.54. The molecule has 3 fully saturated rings. The van der Waals surface area contributed by atoms with Gasteiger partial charge < -0.3 is 29.8 Å². The number of benzene rings is 1. The number of aromatic nitrogens is 5. The van der Waals surface area contributed by atoms with Crippen molar-refractivity contribution in [2.75, 3.05) is 19.0 Å². The lowest BCUT2D eigenvalue weighted by Gasteiger charge is -2.27. The van der Waals surface area contributed by atoms with E-state index in [1.165, 1.54) is 12.8 Å². The second-order valence-electron chi connectivity index (χ2n) is 12.4. The van der Waals surface area contributed by atoms with E-state index in [2.05, 4.69) is 31.6 Å². The number of methoxy groups -OCH3 is 1. The van der Waals surface area contributed by atoms with E-state index in [1.807, 2.05) is 42.3 Å². The number of hydrogen-bond donors (Lipinski definition) is 2. The van der Waals surface area contributed by atoms with Crippen LogP contribution in [-0.2, 0) is 20.1 Å². The van der Waals surface area contributed by atoms with Crippen LogP contribution in [0.3, 0.4) is 0 Å². The summed E-state index contributed by atoms with van der Waals surface area (Å²) in [6.45, 7) is 2.29. The van der Waals surface area contributed by atoms with Crippen LogP contribution < -0.4 is 15.8 Å². The van der Waals surface area contributed by atoms with Crippen molar-refractivity contribution >= 4 is 33.8 Å². The number of fused-ring (bicyclic) bond motifs is 4. The normalized spacial score (nSPS) is 21.3. The van der Waals surface area contributed by atoms with Gasteiger partial charge in [-0.05, 0) is 85.5 Å². The van der Waals surface area contributed by atoms with E-state index in [-0.39, 0.29) is 18.0 Å². The highest BCUT2D eigenvalue weighted by atomic mass is 16.5. The Hall–Kier alpha value is -4.44. The molecule has 3 aliphatic rings. The van der Waals surface area contributed by atoms with Gasteiger partial charge in [-0.25, -0.2) is 9.97 Å². The number of piperidine rings is 1. The van der Waals surface area contributed by atoms with Crippen molar-refractivity contribution in [2.45, 2.75) is 50.9 Å². The number of amides is 1. The largest absolute Gasteiger partial charge is 0.494 e. The predicted octanol–water partition coefficient (Wildman–Crippen LogP) is 4.58. The first kappa shape index (κ1) is 26.2. The molecule has 2 aliphatic carbocycles. The van der Waals surface area contributed by atoms with Crippen LogP contribution in [0.25, 0.3) is 33.6 Å². The van der Waals surface area contributed by atoms with E-state index < -0.39 is 0 Å². The third-order valence-electron chi connectivity index (χ3n) is 9.65. The number of nitrogens with two attached hydrogens (primary N) is 1. The Balaban J connectivity index is 1.18. The van der Waals surface area contributed by atoms with Crippen molar-refractivity contribution in [1.29, 1.82) is 0 Å². The molecule has 8 rings (SSSR count). The Morgan fingerprint density at radius 1 is 1.07 bits per heavy atom. The smallest absolute Gasteiger partial charge is 0.254 e. The van der Waals surface area contributed by atoms with Gasteiger partial charge in [0.25, 0.3) is 5.91 Å². The van der Waals surface area contributed by atoms with Gasteiger partial charge in [0.1, 0.15) is 22.7 Å². The summed E-state index contributed by atoms with van der Waals surface area (Å²) in [4.78, 5) is 29.9. The molecule has 1 aliphatic heterocycles. The van der Waals surface area contributed by atoms with Crippen molar-refractivity contribution in [3.63, 3.8) is 0 Å². The first-order valence-corrected chi connectivity index (χ1v) is 15.2. The van der Waals surface area contributed by atoms with Gasteiger partial charge >= 0.3 is 0 Å². The molecule has 0 radical (unpaired) electrons. The van der Waals surface area contributed by atoms with Crippen molar-refractivity contribution in [3.05, 3.63) is 66.0 Å². The fourth-order valence-corrected chi connectivity index (χ4v) is 7.11. The molecule has 5 aromatic rings. The van der Waals surface area contributed by atoms with Crippen LogP contribution >= 0.6 is 0 Å². The number of carbonyl (C=O) groups excluding carboxylic acids is 1. The van der Waals surface area contributed by atoms with Gasteiger partial charge in [0, 0.05) is 62.1 Å². The average molecular weight is 577 g/mol. The molecule has 0 unspecified atom stereocenters. The molecule has 5 heterocycles. The highest BCUT2D eigenvalue weighted by Crippen LogP contribution is 2.40. The summed E-state index contributed by atoms with van der Waals surface area (Å²) >= 11 is 0. The topological polar surface area (TPSA) is 116 Å². The highest BCUT2D eigenvalue weighted by molar-refractivity contribution is 6.00. The van der Waals surface area contributed by atoms with E-state index in [4.69, 9.17) is 20.4 Å². The predicted molar refractivity (Wildman–Crippen MR) is 166 cm³/mol. The summed E-state index contributed by atoms with van der Waals surface area (Å²) in [6.07, 6.45) is 8.14. The second-order valence-corrected chi connectivity index (χ2v) is 12.4. The molecule has 3 atom stereocenters. The zero-order valence-electron chi connectivity index (χ0n) is 24.5. The minimum absolute atomic E-state index is 0.00824. The summed E-state index contributed by atoms with van der Waals surface area (Å²) in [5.74, 6) is 3.34. The van der Waals surface area contributed by atoms with Crippen molar-refractivity contribution in [1.82, 2.24) is 29.0 Å². The number of carbonyl (C=O) groups is 1. The standard InChI is InChI=1S/C33H36N8O2/c1-39-30-24(13-23(15-27(30)43-2)33(42)41-18-22-5-7-25(41)29(22)34)37-32(39)26-14-21-6-8-28(36-16-19-9-11-35-12-10-19)38-31(21)40(26)17-20-3-4-20/h6,8-15,20,22,25,29H,3-5,7,16-18,34H2,1-2H3,(H,36,38)/t22-,25-,29-/m1/s1. The number of imidazole rings is 1. The Morgan fingerprint density at radius 2 is 1.91 bits per heavy atom. The van der Waals surface area contributed by atoms with Gasteiger partial charge in [-0.15, -0.1) is 0 Å². The van der Waals surface area contributed by atoms with Crippen LogP contribution in [0.4, 0.5) is 5.82 Å². The van der Waals surface area contributed by atoms with Crippen LogP contribution in [0.1, 0.15) is 41.6 Å². The Morgan fingerprint density at radius 3 is 2.63 bits per heavy atom. The fourth-order valence-electron chi connectivity index (χ4n) is 7.11. The van der Waals surface area contributed by atoms with Gasteiger partial charge in [0.2, 0.25) is 0 Å². The summed E-state index contributed by atoms with van der Waals surface area (Å²) in [7, 11) is 3.67. The second kappa shape index (κ2) is 10.1. The fraction of sp³-hybridized carbons (Fsp3) is 0.394. The molecular formula is C33H36N8O2. The zero-order chi connectivity index (χ0) is 29.2. The van der Waals surface area contributed by atoms with Crippen molar-refractivity contribution in [2.24, 2.45) is 24.6 Å². The maximum atomic E-state index is 13.7. The summed E-state index contributed by atoms with van der Waals surface area (Å²) in [6, 6.07) is 14.3. The lowest BCUT2D eigenvalue weighted by Crippen LogP contribution is -2.41. The average Bonchev–Trinajstić information content (AvgIpc) is 3.44. The molecular weight excluding hydrogens is 540 g/mol. The molecule has 4 aromatic heterocycles. The quantitative estimate of drug-likeness (QED) is 0.278. The van der Waals surface area contributed by atoms with Crippen LogP contribution in [-0.4, -0.2) is 60.6 Å². The Kier molecular flexibility index (Phi) is 6.15. The van der Waals surface area contributed by atoms with E-state index in [0.29, 0.717) is 29.7 Å². The molecule has 2 bridgehead atoms. The SMILES string of the molecule is COc1cc(C(=O)N2C[C@H]3CC[C@@H]2[C@@H]3N)cc2nc(-c3cc4ccc(NCc5ccncc5)nc4n3CC3CC3)n(C)c12. The number of anilines is 1. The number of rotatable bonds is 8. The van der Waals surface area contributed by atoms with Gasteiger partial charge in [-0.2, -0.15) is 0 Å². The van der Waals surface area contributed by atoms with Crippen LogP contribution in [0.15, 0.2) is 54.9 Å². The van der Waals surface area contributed by atoms with E-state index >= 15 is 0 Å². The number of ether oxygens (including phenoxy) is 1. The molecule has 1 amide bonds. The van der Waals surface area contributed by atoms with Crippen LogP contribution in [0.2, 0.25) is 0 Å². The lowest BCUT2D eigenvalue weighted by atomic mass is 10.1. The molecule has 3 N–H and O–H groups in total. The first-order chi connectivity index (χ1) is 21.0. The molecule has 220 valence electrons. The number of likely N-dealkylation sites (tertiary alicyclic amines) is 1. The Labute approximate surface area is 249 Å². The van der Waals surface area contributed by atoms with Crippen molar-refractivity contribution in [3.8, 4) is 17.3 Å². The van der Waals surface area contributed by atoms with Crippen LogP contribution in [0, 0.1) is 11.8 Å². The maximum Gasteiger partial charge on any atom is 0.254 e. The van der Waals surface area contributed by atoms with E-state index in [0.717, 1.165) is 70.9 Å². The third-order valence-corrected chi connectivity index (χ3v) is 9.65. The molecule has 10 heteroatoms. The highest BCUT2D eigenvalue weighted by Gasteiger charge is 2.47. The van der Waals surface area contributed by atoms with Crippen LogP contribution in [0.5, 0.6) is 5.75 Å². The zero-order valence-corrected chi connectivity index (χ0v) is 24.5. The number of nitrogens with one attached hydrogen (secondary N) is 1. The van der Waals surface area contributed by atoms with E-state index in [9.17, 15) is 4.79 Å². The van der Waals surface area contributed by atoms with Gasteiger partial charge in [0.05, 0.1) is 18.3 Å². The lowest BCUT2D eigenvalue weighted by molar-refractivity contribution is 0.0700. The third kappa shape index (κ3) is 4.43. The minimum Gasteiger partial charge on any atom is -0.494 e. The molecule has 1 aromatic carbocycles. The Bertz CT molecular complexity index is 1860. The minimum atomic E-state index is 0.00824. The summed E-state index contributed by atoms with van der Waals surface area (Å²) in [5.41, 5.74) is 11.7. The molecule has 1 saturated heterocycles. The number of pyridine rings is 2.